The van der Waals surface area contributed by atoms with Gasteiger partial charge in [0.15, 0.2) is 0 Å². The minimum atomic E-state index is -0.454. The lowest BCUT2D eigenvalue weighted by Gasteiger charge is -2.34. The van der Waals surface area contributed by atoms with Crippen LogP contribution >= 0.6 is 0 Å². The van der Waals surface area contributed by atoms with E-state index in [2.05, 4.69) is 34.3 Å². The van der Waals surface area contributed by atoms with Crippen molar-refractivity contribution in [2.45, 2.75) is 26.0 Å². The molecule has 1 atom stereocenters. The SMILES string of the molecule is CC(C)N1CCO[C@@H](C(=O)Nc2cn[nH]c2-c2ccccc2)C1. The van der Waals surface area contributed by atoms with Crippen molar-refractivity contribution in [3.05, 3.63) is 36.5 Å². The van der Waals surface area contributed by atoms with E-state index in [4.69, 9.17) is 4.74 Å². The van der Waals surface area contributed by atoms with Crippen molar-refractivity contribution >= 4 is 11.6 Å². The van der Waals surface area contributed by atoms with Crippen LogP contribution in [0.15, 0.2) is 36.5 Å². The number of anilines is 1. The number of carbonyl (C=O) groups is 1. The number of hydrogen-bond acceptors (Lipinski definition) is 4. The maximum absolute atomic E-state index is 12.5. The van der Waals surface area contributed by atoms with Crippen LogP contribution in [0.4, 0.5) is 5.69 Å². The minimum absolute atomic E-state index is 0.131. The molecule has 0 saturated carbocycles. The third-order valence-corrected chi connectivity index (χ3v) is 4.08. The van der Waals surface area contributed by atoms with E-state index in [1.807, 2.05) is 30.3 Å². The Morgan fingerprint density at radius 2 is 2.17 bits per heavy atom. The molecule has 2 aromatic rings. The van der Waals surface area contributed by atoms with Crippen LogP contribution in [0, 0.1) is 0 Å². The van der Waals surface area contributed by atoms with Gasteiger partial charge in [-0.2, -0.15) is 5.10 Å². The summed E-state index contributed by atoms with van der Waals surface area (Å²) in [7, 11) is 0. The lowest BCUT2D eigenvalue weighted by molar-refractivity contribution is -0.133. The molecule has 6 heteroatoms. The fourth-order valence-corrected chi connectivity index (χ4v) is 2.72. The smallest absolute Gasteiger partial charge is 0.254 e. The summed E-state index contributed by atoms with van der Waals surface area (Å²) in [6, 6.07) is 10.2. The normalized spacial score (nSPS) is 19.0. The molecule has 1 fully saturated rings. The molecule has 2 heterocycles. The number of benzene rings is 1. The maximum Gasteiger partial charge on any atom is 0.254 e. The van der Waals surface area contributed by atoms with Crippen LogP contribution in [0.2, 0.25) is 0 Å². The molecule has 1 saturated heterocycles. The molecule has 1 amide bonds. The zero-order chi connectivity index (χ0) is 16.2. The summed E-state index contributed by atoms with van der Waals surface area (Å²) in [4.78, 5) is 14.8. The van der Waals surface area contributed by atoms with Gasteiger partial charge in [0, 0.05) is 24.7 Å². The number of ether oxygens (including phenoxy) is 1. The van der Waals surface area contributed by atoms with Crippen LogP contribution in [-0.2, 0) is 9.53 Å². The fourth-order valence-electron chi connectivity index (χ4n) is 2.72. The molecule has 1 aromatic heterocycles. The van der Waals surface area contributed by atoms with Gasteiger partial charge in [-0.25, -0.2) is 0 Å². The number of carbonyl (C=O) groups excluding carboxylic acids is 1. The number of rotatable bonds is 4. The lowest BCUT2D eigenvalue weighted by Crippen LogP contribution is -2.50. The van der Waals surface area contributed by atoms with E-state index in [0.717, 1.165) is 17.8 Å². The van der Waals surface area contributed by atoms with Crippen molar-refractivity contribution in [1.29, 1.82) is 0 Å². The van der Waals surface area contributed by atoms with Crippen LogP contribution in [-0.4, -0.2) is 52.8 Å². The van der Waals surface area contributed by atoms with Gasteiger partial charge in [-0.1, -0.05) is 30.3 Å². The second-order valence-electron chi connectivity index (χ2n) is 5.96. The molecule has 3 rings (SSSR count). The Balaban J connectivity index is 1.70. The number of amides is 1. The molecular weight excluding hydrogens is 292 g/mol. The number of H-pyrrole nitrogens is 1. The average Bonchev–Trinajstić information content (AvgIpc) is 3.04. The number of aromatic amines is 1. The summed E-state index contributed by atoms with van der Waals surface area (Å²) in [5, 5.41) is 9.92. The summed E-state index contributed by atoms with van der Waals surface area (Å²) in [6.07, 6.45) is 1.17. The Morgan fingerprint density at radius 1 is 1.39 bits per heavy atom. The molecule has 23 heavy (non-hydrogen) atoms. The summed E-state index contributed by atoms with van der Waals surface area (Å²) in [5.41, 5.74) is 2.45. The molecule has 1 aliphatic rings. The monoisotopic (exact) mass is 314 g/mol. The van der Waals surface area contributed by atoms with Gasteiger partial charge in [-0.15, -0.1) is 0 Å². The molecule has 0 aliphatic carbocycles. The predicted molar refractivity (Wildman–Crippen MR) is 89.1 cm³/mol. The van der Waals surface area contributed by atoms with E-state index in [0.29, 0.717) is 24.9 Å². The minimum Gasteiger partial charge on any atom is -0.366 e. The molecule has 122 valence electrons. The number of morpholine rings is 1. The van der Waals surface area contributed by atoms with Crippen molar-refractivity contribution in [3.63, 3.8) is 0 Å². The first-order valence-electron chi connectivity index (χ1n) is 7.90. The Labute approximate surface area is 135 Å². The number of aromatic nitrogens is 2. The van der Waals surface area contributed by atoms with Gasteiger partial charge >= 0.3 is 0 Å². The highest BCUT2D eigenvalue weighted by molar-refractivity contribution is 5.97. The van der Waals surface area contributed by atoms with Crippen LogP contribution < -0.4 is 5.32 Å². The third kappa shape index (κ3) is 3.60. The third-order valence-electron chi connectivity index (χ3n) is 4.08. The summed E-state index contributed by atoms with van der Waals surface area (Å²) in [6.45, 7) is 6.31. The molecule has 0 radical (unpaired) electrons. The van der Waals surface area contributed by atoms with Gasteiger partial charge in [0.1, 0.15) is 6.10 Å². The lowest BCUT2D eigenvalue weighted by atomic mass is 10.1. The van der Waals surface area contributed by atoms with Crippen LogP contribution in [0.5, 0.6) is 0 Å². The maximum atomic E-state index is 12.5. The quantitative estimate of drug-likeness (QED) is 0.907. The fraction of sp³-hybridized carbons (Fsp3) is 0.412. The predicted octanol–water partition coefficient (Wildman–Crippen LogP) is 2.12. The van der Waals surface area contributed by atoms with E-state index >= 15 is 0 Å². The zero-order valence-electron chi connectivity index (χ0n) is 13.5. The van der Waals surface area contributed by atoms with E-state index in [1.54, 1.807) is 6.20 Å². The largest absolute Gasteiger partial charge is 0.366 e. The number of nitrogens with zero attached hydrogens (tertiary/aromatic N) is 2. The van der Waals surface area contributed by atoms with E-state index in [9.17, 15) is 4.79 Å². The molecular formula is C17H22N4O2. The molecule has 2 N–H and O–H groups in total. The number of nitrogens with one attached hydrogen (secondary N) is 2. The highest BCUT2D eigenvalue weighted by Gasteiger charge is 2.28. The van der Waals surface area contributed by atoms with E-state index in [1.165, 1.54) is 0 Å². The Kier molecular flexibility index (Phi) is 4.73. The molecule has 1 aromatic carbocycles. The molecule has 6 nitrogen and oxygen atoms in total. The Hall–Kier alpha value is -2.18. The van der Waals surface area contributed by atoms with Crippen molar-refractivity contribution in [1.82, 2.24) is 15.1 Å². The van der Waals surface area contributed by atoms with Gasteiger partial charge in [-0.05, 0) is 13.8 Å². The topological polar surface area (TPSA) is 70.2 Å². The summed E-state index contributed by atoms with van der Waals surface area (Å²) >= 11 is 0. The second kappa shape index (κ2) is 6.93. The van der Waals surface area contributed by atoms with Crippen molar-refractivity contribution in [2.24, 2.45) is 0 Å². The van der Waals surface area contributed by atoms with Crippen LogP contribution in [0.25, 0.3) is 11.3 Å². The Morgan fingerprint density at radius 3 is 2.91 bits per heavy atom. The highest BCUT2D eigenvalue weighted by Crippen LogP contribution is 2.25. The van der Waals surface area contributed by atoms with Gasteiger partial charge < -0.3 is 10.1 Å². The average molecular weight is 314 g/mol. The van der Waals surface area contributed by atoms with Crippen LogP contribution in [0.3, 0.4) is 0 Å². The summed E-state index contributed by atoms with van der Waals surface area (Å²) in [5.74, 6) is -0.131. The van der Waals surface area contributed by atoms with E-state index in [-0.39, 0.29) is 5.91 Å². The standard InChI is InChI=1S/C17H22N4O2/c1-12(2)21-8-9-23-15(11-21)17(22)19-14-10-18-20-16(14)13-6-4-3-5-7-13/h3-7,10,12,15H,8-9,11H2,1-2H3,(H,18,20)(H,19,22)/t15-/m1/s1. The molecule has 1 aliphatic heterocycles. The first-order chi connectivity index (χ1) is 11.1. The van der Waals surface area contributed by atoms with Crippen LogP contribution in [0.1, 0.15) is 13.8 Å². The van der Waals surface area contributed by atoms with Crippen molar-refractivity contribution in [3.8, 4) is 11.3 Å². The second-order valence-corrected chi connectivity index (χ2v) is 5.96. The van der Waals surface area contributed by atoms with Crippen molar-refractivity contribution < 1.29 is 9.53 Å². The first-order valence-corrected chi connectivity index (χ1v) is 7.90. The van der Waals surface area contributed by atoms with Crippen molar-refractivity contribution in [2.75, 3.05) is 25.0 Å². The highest BCUT2D eigenvalue weighted by atomic mass is 16.5. The summed E-state index contributed by atoms with van der Waals surface area (Å²) < 4.78 is 5.63. The molecule has 0 unspecified atom stereocenters. The van der Waals surface area contributed by atoms with Gasteiger partial charge in [0.2, 0.25) is 0 Å². The first kappa shape index (κ1) is 15.7. The Bertz CT molecular complexity index is 654. The zero-order valence-corrected chi connectivity index (χ0v) is 13.5. The molecule has 0 spiro atoms. The molecule has 0 bridgehead atoms. The van der Waals surface area contributed by atoms with Gasteiger partial charge in [0.05, 0.1) is 24.2 Å². The van der Waals surface area contributed by atoms with Gasteiger partial charge in [0.25, 0.3) is 5.91 Å². The number of hydrogen-bond donors (Lipinski definition) is 2. The van der Waals surface area contributed by atoms with Gasteiger partial charge in [-0.3, -0.25) is 14.8 Å². The van der Waals surface area contributed by atoms with E-state index < -0.39 is 6.10 Å².